The van der Waals surface area contributed by atoms with Crippen molar-refractivity contribution in [1.82, 2.24) is 4.90 Å². The van der Waals surface area contributed by atoms with Crippen molar-refractivity contribution in [1.29, 1.82) is 0 Å². The van der Waals surface area contributed by atoms with Crippen molar-refractivity contribution in [2.45, 2.75) is 44.6 Å². The quantitative estimate of drug-likeness (QED) is 0.730. The Balaban J connectivity index is 1.61. The minimum absolute atomic E-state index is 0.279. The number of nitrogens with zero attached hydrogens (tertiary/aromatic N) is 1. The Hall–Kier alpha value is -0.570. The summed E-state index contributed by atoms with van der Waals surface area (Å²) >= 11 is 0. The van der Waals surface area contributed by atoms with Gasteiger partial charge in [-0.05, 0) is 37.5 Å². The lowest BCUT2D eigenvalue weighted by molar-refractivity contribution is -0.136. The van der Waals surface area contributed by atoms with E-state index in [1.54, 1.807) is 0 Å². The molecule has 0 aromatic carbocycles. The number of aliphatic hydroxyl groups excluding tert-OH is 1. The highest BCUT2D eigenvalue weighted by Crippen LogP contribution is 2.56. The molecule has 3 aliphatic rings. The van der Waals surface area contributed by atoms with Crippen molar-refractivity contribution in [3.63, 3.8) is 0 Å². The third kappa shape index (κ3) is 1.75. The largest absolute Gasteiger partial charge is 0.391 e. The zero-order valence-electron chi connectivity index (χ0n) is 9.77. The maximum absolute atomic E-state index is 12.3. The second-order valence-electron chi connectivity index (χ2n) is 5.72. The number of aliphatic hydroxyl groups is 1. The number of carbonyl (C=O) groups excluding carboxylic acids is 1. The molecule has 3 fully saturated rings. The zero-order valence-corrected chi connectivity index (χ0v) is 9.77. The topological polar surface area (TPSA) is 40.5 Å². The molecule has 0 bridgehead atoms. The van der Waals surface area contributed by atoms with Crippen molar-refractivity contribution in [3.8, 4) is 0 Å². The number of carbonyl (C=O) groups is 1. The molecule has 2 aliphatic carbocycles. The first-order valence-electron chi connectivity index (χ1n) is 6.74. The molecule has 16 heavy (non-hydrogen) atoms. The lowest BCUT2D eigenvalue weighted by Crippen LogP contribution is -2.43. The fourth-order valence-corrected chi connectivity index (χ4v) is 3.72. The van der Waals surface area contributed by atoms with Gasteiger partial charge in [0, 0.05) is 19.0 Å². The van der Waals surface area contributed by atoms with Gasteiger partial charge in [-0.2, -0.15) is 0 Å². The van der Waals surface area contributed by atoms with Crippen molar-refractivity contribution in [3.05, 3.63) is 0 Å². The second-order valence-corrected chi connectivity index (χ2v) is 5.72. The predicted octanol–water partition coefficient (Wildman–Crippen LogP) is 1.41. The Bertz CT molecular complexity index is 276. The van der Waals surface area contributed by atoms with E-state index in [-0.39, 0.29) is 6.10 Å². The molecule has 1 saturated heterocycles. The summed E-state index contributed by atoms with van der Waals surface area (Å²) in [4.78, 5) is 14.2. The number of piperidine rings is 1. The van der Waals surface area contributed by atoms with E-state index in [1.165, 1.54) is 25.7 Å². The molecular weight excluding hydrogens is 202 g/mol. The van der Waals surface area contributed by atoms with Crippen LogP contribution in [0.5, 0.6) is 0 Å². The summed E-state index contributed by atoms with van der Waals surface area (Å²) < 4.78 is 0. The molecule has 1 heterocycles. The molecule has 0 radical (unpaired) electrons. The zero-order chi connectivity index (χ0) is 11.1. The van der Waals surface area contributed by atoms with Crippen LogP contribution in [0, 0.1) is 17.8 Å². The van der Waals surface area contributed by atoms with Gasteiger partial charge in [0.15, 0.2) is 0 Å². The lowest BCUT2D eigenvalue weighted by Gasteiger charge is -2.30. The maximum atomic E-state index is 12.3. The van der Waals surface area contributed by atoms with E-state index >= 15 is 0 Å². The number of hydrogen-bond acceptors (Lipinski definition) is 2. The molecule has 3 heteroatoms. The van der Waals surface area contributed by atoms with Crippen molar-refractivity contribution in [2.75, 3.05) is 13.1 Å². The Labute approximate surface area is 96.8 Å². The van der Waals surface area contributed by atoms with Crippen LogP contribution in [0.1, 0.15) is 38.5 Å². The average molecular weight is 223 g/mol. The summed E-state index contributed by atoms with van der Waals surface area (Å²) in [6.07, 6.45) is 6.70. The third-order valence-corrected chi connectivity index (χ3v) is 4.65. The summed E-state index contributed by atoms with van der Waals surface area (Å²) in [5.41, 5.74) is 0. The molecule has 0 spiro atoms. The van der Waals surface area contributed by atoms with Gasteiger partial charge in [-0.25, -0.2) is 0 Å². The minimum atomic E-state index is -0.279. The van der Waals surface area contributed by atoms with E-state index in [0.717, 1.165) is 19.4 Å². The van der Waals surface area contributed by atoms with E-state index in [4.69, 9.17) is 0 Å². The van der Waals surface area contributed by atoms with Crippen molar-refractivity contribution >= 4 is 5.91 Å². The molecule has 2 unspecified atom stereocenters. The highest BCUT2D eigenvalue weighted by atomic mass is 16.3. The van der Waals surface area contributed by atoms with E-state index in [2.05, 4.69) is 0 Å². The first kappa shape index (κ1) is 10.6. The Morgan fingerprint density at radius 1 is 1.06 bits per heavy atom. The highest BCUT2D eigenvalue weighted by Gasteiger charge is 2.55. The number of amides is 1. The van der Waals surface area contributed by atoms with E-state index in [9.17, 15) is 9.90 Å². The summed E-state index contributed by atoms with van der Waals surface area (Å²) in [7, 11) is 0. The monoisotopic (exact) mass is 223 g/mol. The van der Waals surface area contributed by atoms with Crippen LogP contribution in [0.2, 0.25) is 0 Å². The molecule has 3 atom stereocenters. The number of rotatable bonds is 1. The number of β-amino-alcohol motifs (C(OH)–C–C–N with tert-alkyl or cyclic N) is 1. The molecule has 2 saturated carbocycles. The van der Waals surface area contributed by atoms with Crippen molar-refractivity contribution in [2.24, 2.45) is 17.8 Å². The normalized spacial score (nSPS) is 42.7. The van der Waals surface area contributed by atoms with Crippen LogP contribution in [-0.2, 0) is 4.79 Å². The van der Waals surface area contributed by atoms with E-state index in [1.807, 2.05) is 4.90 Å². The molecule has 90 valence electrons. The molecule has 0 aromatic heterocycles. The summed E-state index contributed by atoms with van der Waals surface area (Å²) in [5.74, 6) is 2.06. The Morgan fingerprint density at radius 3 is 2.38 bits per heavy atom. The first-order valence-corrected chi connectivity index (χ1v) is 6.74. The first-order chi connectivity index (χ1) is 7.77. The molecular formula is C13H21NO2. The van der Waals surface area contributed by atoms with Crippen LogP contribution in [-0.4, -0.2) is 35.1 Å². The molecule has 3 nitrogen and oxygen atoms in total. The van der Waals surface area contributed by atoms with Gasteiger partial charge in [0.05, 0.1) is 6.10 Å². The number of fused-ring (bicyclic) bond motifs is 1. The summed E-state index contributed by atoms with van der Waals surface area (Å²) in [6.45, 7) is 1.45. The lowest BCUT2D eigenvalue weighted by atomic mass is 10.0. The molecule has 0 aromatic rings. The summed E-state index contributed by atoms with van der Waals surface area (Å²) in [6, 6.07) is 0. The molecule has 3 rings (SSSR count). The van der Waals surface area contributed by atoms with Crippen LogP contribution in [0.3, 0.4) is 0 Å². The van der Waals surface area contributed by atoms with Gasteiger partial charge in [0.1, 0.15) is 0 Å². The predicted molar refractivity (Wildman–Crippen MR) is 60.8 cm³/mol. The van der Waals surface area contributed by atoms with Gasteiger partial charge in [0.2, 0.25) is 5.91 Å². The van der Waals surface area contributed by atoms with Gasteiger partial charge >= 0.3 is 0 Å². The van der Waals surface area contributed by atoms with Gasteiger partial charge in [-0.15, -0.1) is 0 Å². The fourth-order valence-electron chi connectivity index (χ4n) is 3.72. The van der Waals surface area contributed by atoms with Gasteiger partial charge < -0.3 is 10.0 Å². The SMILES string of the molecule is O=C(C1C2CCCCC21)N1CCC[C@H](O)C1. The van der Waals surface area contributed by atoms with Crippen LogP contribution >= 0.6 is 0 Å². The van der Waals surface area contributed by atoms with Gasteiger partial charge in [0.25, 0.3) is 0 Å². The Morgan fingerprint density at radius 2 is 1.75 bits per heavy atom. The van der Waals surface area contributed by atoms with E-state index in [0.29, 0.717) is 30.2 Å². The standard InChI is InChI=1S/C13H21NO2/c15-9-4-3-7-14(8-9)13(16)12-10-5-1-2-6-11(10)12/h9-12,15H,1-8H2/t9-,10?,11?,12?/m0/s1. The maximum Gasteiger partial charge on any atom is 0.226 e. The highest BCUT2D eigenvalue weighted by molar-refractivity contribution is 5.82. The average Bonchev–Trinajstić information content (AvgIpc) is 3.02. The second kappa shape index (κ2) is 4.02. The van der Waals surface area contributed by atoms with E-state index < -0.39 is 0 Å². The van der Waals surface area contributed by atoms with Gasteiger partial charge in [-0.3, -0.25) is 4.79 Å². The fraction of sp³-hybridized carbons (Fsp3) is 0.923. The minimum Gasteiger partial charge on any atom is -0.391 e. The molecule has 1 N–H and O–H groups in total. The number of likely N-dealkylation sites (tertiary alicyclic amines) is 1. The van der Waals surface area contributed by atoms with Crippen LogP contribution in [0.25, 0.3) is 0 Å². The smallest absolute Gasteiger partial charge is 0.226 e. The number of hydrogen-bond donors (Lipinski definition) is 1. The molecule has 1 aliphatic heterocycles. The third-order valence-electron chi connectivity index (χ3n) is 4.65. The van der Waals surface area contributed by atoms with Crippen LogP contribution < -0.4 is 0 Å². The van der Waals surface area contributed by atoms with Crippen LogP contribution in [0.4, 0.5) is 0 Å². The Kier molecular flexibility index (Phi) is 2.66. The van der Waals surface area contributed by atoms with Crippen molar-refractivity contribution < 1.29 is 9.90 Å². The molecule has 1 amide bonds. The summed E-state index contributed by atoms with van der Waals surface area (Å²) in [5, 5.41) is 9.60. The van der Waals surface area contributed by atoms with Gasteiger partial charge in [-0.1, -0.05) is 12.8 Å². The van der Waals surface area contributed by atoms with Crippen LogP contribution in [0.15, 0.2) is 0 Å².